The topological polar surface area (TPSA) is 110 Å². The lowest BCUT2D eigenvalue weighted by atomic mass is 10.2. The number of phenols is 1. The summed E-state index contributed by atoms with van der Waals surface area (Å²) in [4.78, 5) is 14.7. The maximum atomic E-state index is 11.0. The van der Waals surface area contributed by atoms with E-state index in [0.29, 0.717) is 10.7 Å². The largest absolute Gasteiger partial charge is 0.500 e. The summed E-state index contributed by atoms with van der Waals surface area (Å²) in [7, 11) is 1.32. The highest BCUT2D eigenvalue weighted by molar-refractivity contribution is 7.14. The molecule has 0 atom stereocenters. The van der Waals surface area contributed by atoms with Gasteiger partial charge in [-0.1, -0.05) is 30.3 Å². The molecule has 3 rings (SSSR count). The second-order valence-electron chi connectivity index (χ2n) is 5.12. The molecule has 2 N–H and O–H groups in total. The van der Waals surface area contributed by atoms with Crippen molar-refractivity contribution in [3.8, 4) is 22.8 Å². The number of methoxy groups -OCH3 is 1. The predicted molar refractivity (Wildman–Crippen MR) is 100 cm³/mol. The number of anilines is 1. The first kappa shape index (κ1) is 17.4. The van der Waals surface area contributed by atoms with Crippen molar-refractivity contribution in [1.82, 2.24) is 4.98 Å². The van der Waals surface area contributed by atoms with Gasteiger partial charge in [0.05, 0.1) is 23.9 Å². The van der Waals surface area contributed by atoms with E-state index in [9.17, 15) is 15.2 Å². The third-order valence-electron chi connectivity index (χ3n) is 3.44. The van der Waals surface area contributed by atoms with Gasteiger partial charge in [0.2, 0.25) is 10.9 Å². The molecule has 0 fully saturated rings. The fraction of sp³-hybridized carbons (Fsp3) is 0.0588. The molecule has 0 aliphatic carbocycles. The smallest absolute Gasteiger partial charge is 0.315 e. The van der Waals surface area contributed by atoms with Gasteiger partial charge in [0.1, 0.15) is 0 Å². The maximum Gasteiger partial charge on any atom is 0.315 e. The fourth-order valence-corrected chi connectivity index (χ4v) is 2.88. The van der Waals surface area contributed by atoms with Crippen LogP contribution in [0.3, 0.4) is 0 Å². The molecular formula is C17H14N4O4S. The lowest BCUT2D eigenvalue weighted by molar-refractivity contribution is -0.386. The molecule has 0 amide bonds. The minimum absolute atomic E-state index is 0.00117. The van der Waals surface area contributed by atoms with Crippen molar-refractivity contribution in [2.45, 2.75) is 0 Å². The Labute approximate surface area is 152 Å². The molecule has 1 aromatic heterocycles. The first-order valence-electron chi connectivity index (χ1n) is 7.44. The number of hydrogen-bond acceptors (Lipinski definition) is 8. The number of nitro groups is 1. The van der Waals surface area contributed by atoms with Gasteiger partial charge in [0, 0.05) is 22.6 Å². The van der Waals surface area contributed by atoms with Gasteiger partial charge < -0.3 is 9.84 Å². The van der Waals surface area contributed by atoms with Gasteiger partial charge in [-0.25, -0.2) is 4.98 Å². The number of aromatic nitrogens is 1. The zero-order valence-corrected chi connectivity index (χ0v) is 14.4. The van der Waals surface area contributed by atoms with E-state index in [0.717, 1.165) is 11.3 Å². The SMILES string of the molecule is COc1cc(C=NNc2nc(-c3ccccc3)cs2)cc([N+](=O)[O-])c1O. The molecule has 0 radical (unpaired) electrons. The summed E-state index contributed by atoms with van der Waals surface area (Å²) in [5.41, 5.74) is 4.57. The highest BCUT2D eigenvalue weighted by atomic mass is 32.1. The zero-order valence-electron chi connectivity index (χ0n) is 13.6. The van der Waals surface area contributed by atoms with Gasteiger partial charge in [-0.05, 0) is 6.07 Å². The summed E-state index contributed by atoms with van der Waals surface area (Å²) >= 11 is 1.39. The normalized spacial score (nSPS) is 10.8. The lowest BCUT2D eigenvalue weighted by Crippen LogP contribution is -1.96. The van der Waals surface area contributed by atoms with Crippen molar-refractivity contribution in [2.75, 3.05) is 12.5 Å². The molecule has 0 saturated carbocycles. The standard InChI is InChI=1S/C17H14N4O4S/c1-25-15-8-11(7-14(16(15)22)21(23)24)9-18-20-17-19-13(10-26-17)12-5-3-2-4-6-12/h2-10,22H,1H3,(H,19,20). The van der Waals surface area contributed by atoms with Gasteiger partial charge in [-0.15, -0.1) is 11.3 Å². The monoisotopic (exact) mass is 370 g/mol. The summed E-state index contributed by atoms with van der Waals surface area (Å²) in [6.07, 6.45) is 1.39. The van der Waals surface area contributed by atoms with Crippen molar-refractivity contribution in [3.05, 3.63) is 63.5 Å². The number of rotatable bonds is 6. The molecule has 26 heavy (non-hydrogen) atoms. The van der Waals surface area contributed by atoms with Gasteiger partial charge in [-0.2, -0.15) is 5.10 Å². The van der Waals surface area contributed by atoms with Crippen molar-refractivity contribution < 1.29 is 14.8 Å². The number of hydrazone groups is 1. The van der Waals surface area contributed by atoms with E-state index in [4.69, 9.17) is 4.74 Å². The van der Waals surface area contributed by atoms with E-state index >= 15 is 0 Å². The first-order valence-corrected chi connectivity index (χ1v) is 8.32. The number of hydrogen-bond donors (Lipinski definition) is 2. The van der Waals surface area contributed by atoms with Crippen LogP contribution in [0, 0.1) is 10.1 Å². The van der Waals surface area contributed by atoms with Crippen LogP contribution < -0.4 is 10.2 Å². The summed E-state index contributed by atoms with van der Waals surface area (Å²) < 4.78 is 4.95. The van der Waals surface area contributed by atoms with Crippen LogP contribution in [-0.4, -0.2) is 28.3 Å². The van der Waals surface area contributed by atoms with Crippen LogP contribution in [0.5, 0.6) is 11.5 Å². The number of thiazole rings is 1. The van der Waals surface area contributed by atoms with Gasteiger partial charge in [0.15, 0.2) is 5.75 Å². The highest BCUT2D eigenvalue weighted by Crippen LogP contribution is 2.36. The fourth-order valence-electron chi connectivity index (χ4n) is 2.21. The maximum absolute atomic E-state index is 11.0. The summed E-state index contributed by atoms with van der Waals surface area (Å²) in [5.74, 6) is -0.517. The van der Waals surface area contributed by atoms with Gasteiger partial charge in [0.25, 0.3) is 0 Å². The van der Waals surface area contributed by atoms with Crippen molar-refractivity contribution >= 4 is 28.4 Å². The van der Waals surface area contributed by atoms with E-state index in [2.05, 4.69) is 15.5 Å². The quantitative estimate of drug-likeness (QED) is 0.387. The number of nitro benzene ring substituents is 1. The third-order valence-corrected chi connectivity index (χ3v) is 4.19. The van der Waals surface area contributed by atoms with Crippen LogP contribution in [0.25, 0.3) is 11.3 Å². The number of nitrogens with zero attached hydrogens (tertiary/aromatic N) is 3. The second kappa shape index (κ2) is 7.62. The summed E-state index contributed by atoms with van der Waals surface area (Å²) in [5, 5.41) is 27.3. The van der Waals surface area contributed by atoms with E-state index in [1.807, 2.05) is 35.7 Å². The Balaban J connectivity index is 1.76. The van der Waals surface area contributed by atoms with E-state index in [1.165, 1.54) is 36.8 Å². The number of ether oxygens (including phenoxy) is 1. The molecule has 8 nitrogen and oxygen atoms in total. The Kier molecular flexibility index (Phi) is 5.09. The average molecular weight is 370 g/mol. The molecule has 1 heterocycles. The van der Waals surface area contributed by atoms with Gasteiger partial charge >= 0.3 is 5.69 Å². The van der Waals surface area contributed by atoms with Crippen molar-refractivity contribution in [1.29, 1.82) is 0 Å². The Morgan fingerprint density at radius 1 is 1.35 bits per heavy atom. The van der Waals surface area contributed by atoms with Gasteiger partial charge in [-0.3, -0.25) is 15.5 Å². The zero-order chi connectivity index (χ0) is 18.5. The first-order chi connectivity index (χ1) is 12.6. The van der Waals surface area contributed by atoms with Crippen LogP contribution in [0.4, 0.5) is 10.8 Å². The molecule has 0 unspecified atom stereocenters. The third kappa shape index (κ3) is 3.78. The van der Waals surface area contributed by atoms with Crippen LogP contribution in [-0.2, 0) is 0 Å². The van der Waals surface area contributed by atoms with Crippen molar-refractivity contribution in [2.24, 2.45) is 5.10 Å². The number of phenolic OH excluding ortho intramolecular Hbond substituents is 1. The molecule has 9 heteroatoms. The molecule has 132 valence electrons. The second-order valence-corrected chi connectivity index (χ2v) is 5.98. The predicted octanol–water partition coefficient (Wildman–Crippen LogP) is 3.88. The Bertz CT molecular complexity index is 957. The summed E-state index contributed by atoms with van der Waals surface area (Å²) in [6.45, 7) is 0. The Hall–Kier alpha value is -3.46. The average Bonchev–Trinajstić information content (AvgIpc) is 3.12. The Morgan fingerprint density at radius 2 is 2.12 bits per heavy atom. The molecule has 0 saturated heterocycles. The van der Waals surface area contributed by atoms with E-state index in [1.54, 1.807) is 0 Å². The summed E-state index contributed by atoms with van der Waals surface area (Å²) in [6, 6.07) is 12.4. The van der Waals surface area contributed by atoms with E-state index in [-0.39, 0.29) is 5.75 Å². The number of nitrogens with one attached hydrogen (secondary N) is 1. The molecule has 0 bridgehead atoms. The Morgan fingerprint density at radius 3 is 2.81 bits per heavy atom. The highest BCUT2D eigenvalue weighted by Gasteiger charge is 2.19. The minimum Gasteiger partial charge on any atom is -0.500 e. The van der Waals surface area contributed by atoms with Crippen LogP contribution in [0.1, 0.15) is 5.56 Å². The molecule has 2 aromatic carbocycles. The molecule has 3 aromatic rings. The van der Waals surface area contributed by atoms with Crippen LogP contribution in [0.15, 0.2) is 52.9 Å². The molecule has 0 spiro atoms. The molecule has 0 aliphatic rings. The van der Waals surface area contributed by atoms with E-state index < -0.39 is 16.4 Å². The van der Waals surface area contributed by atoms with Crippen LogP contribution >= 0.6 is 11.3 Å². The number of aromatic hydroxyl groups is 1. The lowest BCUT2D eigenvalue weighted by Gasteiger charge is -2.04. The molecular weight excluding hydrogens is 356 g/mol. The van der Waals surface area contributed by atoms with Crippen molar-refractivity contribution in [3.63, 3.8) is 0 Å². The number of benzene rings is 2. The van der Waals surface area contributed by atoms with Crippen LogP contribution in [0.2, 0.25) is 0 Å². The minimum atomic E-state index is -0.685. The molecule has 0 aliphatic heterocycles.